The van der Waals surface area contributed by atoms with E-state index in [1.165, 1.54) is 31.5 Å². The van der Waals surface area contributed by atoms with Gasteiger partial charge in [0.2, 0.25) is 10.6 Å². The number of halogens is 2. The van der Waals surface area contributed by atoms with E-state index in [-0.39, 0.29) is 22.8 Å². The molecule has 3 rings (SSSR count). The molecule has 1 heterocycles. The lowest BCUT2D eigenvalue weighted by Gasteiger charge is -2.11. The second-order valence-electron chi connectivity index (χ2n) is 5.83. The van der Waals surface area contributed by atoms with Crippen molar-refractivity contribution in [2.45, 2.75) is 13.0 Å². The number of para-hydroxylation sites is 2. The molecule has 1 aromatic heterocycles. The number of nitro benzene ring substituents is 1. The number of H-pyrrole nitrogens is 1. The lowest BCUT2D eigenvalue weighted by atomic mass is 10.1. The molecule has 0 bridgehead atoms. The van der Waals surface area contributed by atoms with Crippen LogP contribution in [-0.2, 0) is 6.61 Å². The third-order valence-corrected chi connectivity index (χ3v) is 4.21. The fraction of sp³-hybridized carbons (Fsp3) is 0.167. The van der Waals surface area contributed by atoms with Gasteiger partial charge in [-0.3, -0.25) is 10.1 Å². The van der Waals surface area contributed by atoms with Crippen LogP contribution in [0.3, 0.4) is 0 Å². The average molecular weight is 435 g/mol. The highest BCUT2D eigenvalue weighted by Crippen LogP contribution is 2.28. The topological polar surface area (TPSA) is 108 Å². The number of nitro groups is 1. The molecule has 0 aliphatic rings. The van der Waals surface area contributed by atoms with Crippen molar-refractivity contribution in [3.63, 3.8) is 0 Å². The number of ether oxygens (including phenoxy) is 2. The first-order chi connectivity index (χ1) is 14.4. The second kappa shape index (κ2) is 9.22. The van der Waals surface area contributed by atoms with E-state index in [0.29, 0.717) is 16.9 Å². The summed E-state index contributed by atoms with van der Waals surface area (Å²) in [6, 6.07) is 10.9. The zero-order valence-corrected chi connectivity index (χ0v) is 16.3. The van der Waals surface area contributed by atoms with Crippen LogP contribution in [0.2, 0.25) is 0 Å². The van der Waals surface area contributed by atoms with Crippen LogP contribution in [0.4, 0.5) is 14.5 Å². The normalized spacial score (nSPS) is 11.2. The highest BCUT2D eigenvalue weighted by Gasteiger charge is 2.17. The maximum Gasteiger partial charge on any atom is 0.310 e. The summed E-state index contributed by atoms with van der Waals surface area (Å²) >= 11 is 4.90. The monoisotopic (exact) mass is 435 g/mol. The van der Waals surface area contributed by atoms with E-state index >= 15 is 0 Å². The van der Waals surface area contributed by atoms with Crippen molar-refractivity contribution in [3.05, 3.63) is 74.3 Å². The van der Waals surface area contributed by atoms with E-state index in [9.17, 15) is 18.9 Å². The summed E-state index contributed by atoms with van der Waals surface area (Å²) in [5, 5.41) is 20.8. The Bertz CT molecular complexity index is 1150. The molecule has 0 amide bonds. The SMILES string of the molecule is COc1ccc(C=Nn2c(C(F)F)n[nH]c2=S)cc1COc1ccccc1[N+](=O)[O-]. The number of aromatic amines is 1. The van der Waals surface area contributed by atoms with Crippen molar-refractivity contribution < 1.29 is 23.2 Å². The molecule has 0 radical (unpaired) electrons. The van der Waals surface area contributed by atoms with Crippen LogP contribution in [0.1, 0.15) is 23.4 Å². The van der Waals surface area contributed by atoms with Crippen LogP contribution in [0.15, 0.2) is 47.6 Å². The van der Waals surface area contributed by atoms with Gasteiger partial charge in [-0.25, -0.2) is 13.9 Å². The Labute approximate surface area is 173 Å². The van der Waals surface area contributed by atoms with Crippen molar-refractivity contribution in [1.29, 1.82) is 0 Å². The summed E-state index contributed by atoms with van der Waals surface area (Å²) in [7, 11) is 1.47. The fourth-order valence-electron chi connectivity index (χ4n) is 2.56. The Morgan fingerprint density at radius 3 is 2.80 bits per heavy atom. The summed E-state index contributed by atoms with van der Waals surface area (Å²) in [5.74, 6) is -0.0152. The molecule has 30 heavy (non-hydrogen) atoms. The molecule has 2 aromatic carbocycles. The smallest absolute Gasteiger partial charge is 0.310 e. The lowest BCUT2D eigenvalue weighted by Crippen LogP contribution is -2.03. The predicted molar refractivity (Wildman–Crippen MR) is 106 cm³/mol. The Hall–Kier alpha value is -3.67. The summed E-state index contributed by atoms with van der Waals surface area (Å²) in [6.07, 6.45) is -1.53. The molecule has 0 aliphatic carbocycles. The van der Waals surface area contributed by atoms with Crippen molar-refractivity contribution in [2.75, 3.05) is 7.11 Å². The van der Waals surface area contributed by atoms with Gasteiger partial charge in [0.25, 0.3) is 6.43 Å². The standard InChI is InChI=1S/C18H15F2N5O4S/c1-28-14-7-6-11(9-21-24-17(16(19)20)22-23-18(24)30)8-12(14)10-29-15-5-3-2-4-13(15)25(26)27/h2-9,16H,10H2,1H3,(H,23,30). The highest BCUT2D eigenvalue weighted by atomic mass is 32.1. The van der Waals surface area contributed by atoms with Gasteiger partial charge >= 0.3 is 5.69 Å². The molecular weight excluding hydrogens is 420 g/mol. The first kappa shape index (κ1) is 21.0. The molecule has 0 spiro atoms. The quantitative estimate of drug-likeness (QED) is 0.245. The van der Waals surface area contributed by atoms with Gasteiger partial charge < -0.3 is 9.47 Å². The van der Waals surface area contributed by atoms with Gasteiger partial charge in [-0.05, 0) is 42.0 Å². The van der Waals surface area contributed by atoms with Crippen LogP contribution in [0.5, 0.6) is 11.5 Å². The van der Waals surface area contributed by atoms with Crippen molar-refractivity contribution in [2.24, 2.45) is 5.10 Å². The first-order valence-electron chi connectivity index (χ1n) is 8.43. The van der Waals surface area contributed by atoms with Crippen LogP contribution in [-0.4, -0.2) is 33.1 Å². The van der Waals surface area contributed by atoms with E-state index in [1.54, 1.807) is 24.3 Å². The maximum atomic E-state index is 13.0. The molecule has 0 saturated carbocycles. The minimum atomic E-state index is -2.85. The molecule has 12 heteroatoms. The molecular formula is C18H15F2N5O4S. The largest absolute Gasteiger partial charge is 0.496 e. The van der Waals surface area contributed by atoms with Crippen LogP contribution >= 0.6 is 12.2 Å². The van der Waals surface area contributed by atoms with Gasteiger partial charge in [0, 0.05) is 11.6 Å². The van der Waals surface area contributed by atoms with E-state index in [2.05, 4.69) is 15.3 Å². The molecule has 0 unspecified atom stereocenters. The molecule has 0 aliphatic heterocycles. The number of hydrogen-bond acceptors (Lipinski definition) is 7. The molecule has 3 aromatic rings. The molecule has 9 nitrogen and oxygen atoms in total. The molecule has 156 valence electrons. The number of rotatable bonds is 8. The van der Waals surface area contributed by atoms with Crippen molar-refractivity contribution in [1.82, 2.24) is 14.9 Å². The van der Waals surface area contributed by atoms with Crippen LogP contribution in [0, 0.1) is 14.9 Å². The van der Waals surface area contributed by atoms with E-state index < -0.39 is 17.2 Å². The first-order valence-corrected chi connectivity index (χ1v) is 8.84. The molecule has 0 atom stereocenters. The van der Waals surface area contributed by atoms with Gasteiger partial charge in [0.15, 0.2) is 5.75 Å². The Kier molecular flexibility index (Phi) is 6.47. The van der Waals surface area contributed by atoms with Gasteiger partial charge in [0.05, 0.1) is 18.2 Å². The zero-order valence-electron chi connectivity index (χ0n) is 15.5. The van der Waals surface area contributed by atoms with Gasteiger partial charge in [-0.2, -0.15) is 14.9 Å². The third-order valence-electron chi connectivity index (χ3n) is 3.94. The number of nitrogens with zero attached hydrogens (tertiary/aromatic N) is 4. The number of alkyl halides is 2. The number of nitrogens with one attached hydrogen (secondary N) is 1. The third kappa shape index (κ3) is 4.66. The summed E-state index contributed by atoms with van der Waals surface area (Å²) in [6.45, 7) is -0.0247. The van der Waals surface area contributed by atoms with Crippen LogP contribution < -0.4 is 9.47 Å². The molecule has 0 fully saturated rings. The number of hydrogen-bond donors (Lipinski definition) is 1. The Morgan fingerprint density at radius 2 is 2.10 bits per heavy atom. The molecule has 0 saturated heterocycles. The summed E-state index contributed by atoms with van der Waals surface area (Å²) in [5.41, 5.74) is 0.952. The van der Waals surface area contributed by atoms with E-state index in [1.807, 2.05) is 0 Å². The summed E-state index contributed by atoms with van der Waals surface area (Å²) < 4.78 is 37.6. The number of benzene rings is 2. The van der Waals surface area contributed by atoms with Crippen molar-refractivity contribution in [3.8, 4) is 11.5 Å². The van der Waals surface area contributed by atoms with Crippen LogP contribution in [0.25, 0.3) is 0 Å². The van der Waals surface area contributed by atoms with Crippen molar-refractivity contribution >= 4 is 24.1 Å². The average Bonchev–Trinajstić information content (AvgIpc) is 3.11. The van der Waals surface area contributed by atoms with E-state index in [0.717, 1.165) is 4.68 Å². The zero-order chi connectivity index (χ0) is 21.7. The van der Waals surface area contributed by atoms with Gasteiger partial charge in [-0.15, -0.1) is 0 Å². The highest BCUT2D eigenvalue weighted by molar-refractivity contribution is 7.71. The predicted octanol–water partition coefficient (Wildman–Crippen LogP) is 4.26. The van der Waals surface area contributed by atoms with Gasteiger partial charge in [-0.1, -0.05) is 12.1 Å². The molecule has 1 N–H and O–H groups in total. The second-order valence-corrected chi connectivity index (χ2v) is 6.22. The number of aromatic nitrogens is 3. The maximum absolute atomic E-state index is 13.0. The fourth-order valence-corrected chi connectivity index (χ4v) is 2.74. The Morgan fingerprint density at radius 1 is 1.33 bits per heavy atom. The van der Waals surface area contributed by atoms with E-state index in [4.69, 9.17) is 21.7 Å². The summed E-state index contributed by atoms with van der Waals surface area (Å²) in [4.78, 5) is 10.6. The lowest BCUT2D eigenvalue weighted by molar-refractivity contribution is -0.385. The number of methoxy groups -OCH3 is 1. The minimum Gasteiger partial charge on any atom is -0.496 e. The Balaban J connectivity index is 1.85. The minimum absolute atomic E-state index is 0.0247. The van der Waals surface area contributed by atoms with Gasteiger partial charge in [0.1, 0.15) is 12.4 Å².